The molecule has 5 nitrogen and oxygen atoms in total. The summed E-state index contributed by atoms with van der Waals surface area (Å²) >= 11 is 0. The molecule has 17 heavy (non-hydrogen) atoms. The maximum absolute atomic E-state index is 12.1. The second kappa shape index (κ2) is 4.87. The molecule has 0 saturated heterocycles. The van der Waals surface area contributed by atoms with Gasteiger partial charge < -0.3 is 15.1 Å². The van der Waals surface area contributed by atoms with Crippen molar-refractivity contribution in [1.82, 2.24) is 4.90 Å². The molecule has 0 bridgehead atoms. The standard InChI is InChI=1S/C12H19NO4/c1-4-5-13(6-7-14)10(15)8-9(11(16)17)12(8,2)3/h4,8-9,14H,1,5-7H2,2-3H3,(H,16,17)/t8-,9+/m1/s1. The van der Waals surface area contributed by atoms with Gasteiger partial charge in [-0.05, 0) is 5.41 Å². The molecule has 1 amide bonds. The van der Waals surface area contributed by atoms with E-state index >= 15 is 0 Å². The molecule has 2 N–H and O–H groups in total. The third-order valence-electron chi connectivity index (χ3n) is 3.39. The fraction of sp³-hybridized carbons (Fsp3) is 0.667. The van der Waals surface area contributed by atoms with E-state index in [0.29, 0.717) is 6.54 Å². The number of aliphatic hydroxyl groups is 1. The number of carboxylic acids is 1. The number of carboxylic acid groups (broad SMARTS) is 1. The SMILES string of the molecule is C=CCN(CCO)C(=O)[C@H]1[C@@H](C(=O)O)C1(C)C. The Labute approximate surface area is 101 Å². The second-order valence-electron chi connectivity index (χ2n) is 4.91. The zero-order valence-corrected chi connectivity index (χ0v) is 10.2. The van der Waals surface area contributed by atoms with Gasteiger partial charge in [-0.2, -0.15) is 0 Å². The molecule has 0 aromatic heterocycles. The molecule has 2 atom stereocenters. The first kappa shape index (κ1) is 13.7. The molecule has 96 valence electrons. The highest BCUT2D eigenvalue weighted by Crippen LogP contribution is 2.58. The van der Waals surface area contributed by atoms with Gasteiger partial charge in [-0.15, -0.1) is 6.58 Å². The molecule has 0 spiro atoms. The quantitative estimate of drug-likeness (QED) is 0.658. The Morgan fingerprint density at radius 1 is 1.41 bits per heavy atom. The van der Waals surface area contributed by atoms with Crippen LogP contribution in [0.5, 0.6) is 0 Å². The zero-order chi connectivity index (χ0) is 13.2. The predicted molar refractivity (Wildman–Crippen MR) is 62.3 cm³/mol. The number of aliphatic carboxylic acids is 1. The molecule has 1 aliphatic rings. The van der Waals surface area contributed by atoms with Gasteiger partial charge in [0.1, 0.15) is 0 Å². The normalized spacial score (nSPS) is 25.1. The van der Waals surface area contributed by atoms with Crippen LogP contribution in [0.2, 0.25) is 0 Å². The van der Waals surface area contributed by atoms with Crippen molar-refractivity contribution in [2.75, 3.05) is 19.7 Å². The number of nitrogens with zero attached hydrogens (tertiary/aromatic N) is 1. The Morgan fingerprint density at radius 2 is 2.00 bits per heavy atom. The van der Waals surface area contributed by atoms with Gasteiger partial charge >= 0.3 is 5.97 Å². The van der Waals surface area contributed by atoms with Crippen LogP contribution in [0, 0.1) is 17.3 Å². The predicted octanol–water partition coefficient (Wildman–Crippen LogP) is 0.350. The van der Waals surface area contributed by atoms with Gasteiger partial charge in [-0.1, -0.05) is 19.9 Å². The summed E-state index contributed by atoms with van der Waals surface area (Å²) in [4.78, 5) is 24.6. The molecule has 0 aromatic carbocycles. The van der Waals surface area contributed by atoms with Crippen LogP contribution < -0.4 is 0 Å². The largest absolute Gasteiger partial charge is 0.481 e. The highest BCUT2D eigenvalue weighted by molar-refractivity contribution is 5.91. The highest BCUT2D eigenvalue weighted by Gasteiger charge is 2.66. The minimum absolute atomic E-state index is 0.134. The highest BCUT2D eigenvalue weighted by atomic mass is 16.4. The zero-order valence-electron chi connectivity index (χ0n) is 10.2. The van der Waals surface area contributed by atoms with Crippen LogP contribution in [-0.2, 0) is 9.59 Å². The summed E-state index contributed by atoms with van der Waals surface area (Å²) in [6.07, 6.45) is 1.57. The third-order valence-corrected chi connectivity index (χ3v) is 3.39. The van der Waals surface area contributed by atoms with Crippen LogP contribution >= 0.6 is 0 Å². The van der Waals surface area contributed by atoms with Crippen LogP contribution in [0.3, 0.4) is 0 Å². The molecule has 0 heterocycles. The Morgan fingerprint density at radius 3 is 2.35 bits per heavy atom. The molecular weight excluding hydrogens is 222 g/mol. The molecule has 1 aliphatic carbocycles. The van der Waals surface area contributed by atoms with Crippen LogP contribution in [0.1, 0.15) is 13.8 Å². The second-order valence-corrected chi connectivity index (χ2v) is 4.91. The van der Waals surface area contributed by atoms with Crippen molar-refractivity contribution in [2.45, 2.75) is 13.8 Å². The van der Waals surface area contributed by atoms with E-state index in [0.717, 1.165) is 0 Å². The minimum Gasteiger partial charge on any atom is -0.481 e. The summed E-state index contributed by atoms with van der Waals surface area (Å²) in [6, 6.07) is 0. The Kier molecular flexibility index (Phi) is 3.93. The topological polar surface area (TPSA) is 77.8 Å². The van der Waals surface area contributed by atoms with E-state index in [9.17, 15) is 9.59 Å². The summed E-state index contributed by atoms with van der Waals surface area (Å²) in [5.74, 6) is -2.26. The minimum atomic E-state index is -0.934. The summed E-state index contributed by atoms with van der Waals surface area (Å²) in [6.45, 7) is 7.51. The van der Waals surface area contributed by atoms with Crippen molar-refractivity contribution in [3.63, 3.8) is 0 Å². The number of rotatable bonds is 6. The molecular formula is C12H19NO4. The van der Waals surface area contributed by atoms with Gasteiger partial charge in [0.25, 0.3) is 0 Å². The first-order valence-electron chi connectivity index (χ1n) is 5.61. The average Bonchev–Trinajstić information content (AvgIpc) is 2.80. The number of aliphatic hydroxyl groups excluding tert-OH is 1. The van der Waals surface area contributed by atoms with Crippen LogP contribution in [0.15, 0.2) is 12.7 Å². The first-order valence-corrected chi connectivity index (χ1v) is 5.61. The van der Waals surface area contributed by atoms with E-state index in [4.69, 9.17) is 10.2 Å². The summed E-state index contributed by atoms with van der Waals surface area (Å²) in [5, 5.41) is 17.9. The average molecular weight is 241 g/mol. The van der Waals surface area contributed by atoms with Crippen LogP contribution in [0.25, 0.3) is 0 Å². The summed E-state index contributed by atoms with van der Waals surface area (Å²) in [5.41, 5.74) is -0.502. The van der Waals surface area contributed by atoms with Crippen LogP contribution in [0.4, 0.5) is 0 Å². The maximum atomic E-state index is 12.1. The van der Waals surface area contributed by atoms with Gasteiger partial charge in [0, 0.05) is 13.1 Å². The summed E-state index contributed by atoms with van der Waals surface area (Å²) in [7, 11) is 0. The number of hydrogen-bond donors (Lipinski definition) is 2. The van der Waals surface area contributed by atoms with E-state index in [-0.39, 0.29) is 19.1 Å². The third kappa shape index (κ3) is 2.49. The Hall–Kier alpha value is -1.36. The molecule has 0 radical (unpaired) electrons. The van der Waals surface area contributed by atoms with Gasteiger partial charge in [-0.25, -0.2) is 0 Å². The molecule has 0 aliphatic heterocycles. The van der Waals surface area contributed by atoms with E-state index in [2.05, 4.69) is 6.58 Å². The Bertz CT molecular complexity index is 337. The lowest BCUT2D eigenvalue weighted by atomic mass is 10.1. The van der Waals surface area contributed by atoms with E-state index in [1.54, 1.807) is 19.9 Å². The van der Waals surface area contributed by atoms with Crippen molar-refractivity contribution in [3.05, 3.63) is 12.7 Å². The van der Waals surface area contributed by atoms with Gasteiger partial charge in [0.15, 0.2) is 0 Å². The van der Waals surface area contributed by atoms with Gasteiger partial charge in [0.05, 0.1) is 18.4 Å². The number of carbonyl (C=O) groups is 2. The smallest absolute Gasteiger partial charge is 0.307 e. The number of hydrogen-bond acceptors (Lipinski definition) is 3. The molecule has 1 rings (SSSR count). The van der Waals surface area contributed by atoms with Crippen molar-refractivity contribution in [1.29, 1.82) is 0 Å². The molecule has 0 aromatic rings. The Balaban J connectivity index is 2.76. The van der Waals surface area contributed by atoms with Gasteiger partial charge in [-0.3, -0.25) is 9.59 Å². The molecule has 5 heteroatoms. The van der Waals surface area contributed by atoms with E-state index < -0.39 is 23.2 Å². The van der Waals surface area contributed by atoms with Gasteiger partial charge in [0.2, 0.25) is 5.91 Å². The van der Waals surface area contributed by atoms with Crippen molar-refractivity contribution < 1.29 is 19.8 Å². The van der Waals surface area contributed by atoms with Crippen LogP contribution in [-0.4, -0.2) is 46.7 Å². The first-order chi connectivity index (χ1) is 7.87. The molecule has 1 fully saturated rings. The van der Waals surface area contributed by atoms with Crippen molar-refractivity contribution in [3.8, 4) is 0 Å². The lowest BCUT2D eigenvalue weighted by molar-refractivity contribution is -0.142. The van der Waals surface area contributed by atoms with E-state index in [1.807, 2.05) is 0 Å². The summed E-state index contributed by atoms with van der Waals surface area (Å²) < 4.78 is 0. The number of amides is 1. The van der Waals surface area contributed by atoms with E-state index in [1.165, 1.54) is 4.90 Å². The molecule has 0 unspecified atom stereocenters. The van der Waals surface area contributed by atoms with Crippen molar-refractivity contribution in [2.24, 2.45) is 17.3 Å². The fourth-order valence-electron chi connectivity index (χ4n) is 2.32. The van der Waals surface area contributed by atoms with Crippen molar-refractivity contribution >= 4 is 11.9 Å². The maximum Gasteiger partial charge on any atom is 0.307 e. The lowest BCUT2D eigenvalue weighted by Crippen LogP contribution is -2.36. The fourth-order valence-corrected chi connectivity index (χ4v) is 2.32. The molecule has 1 saturated carbocycles. The lowest BCUT2D eigenvalue weighted by Gasteiger charge is -2.20. The number of carbonyl (C=O) groups excluding carboxylic acids is 1. The monoisotopic (exact) mass is 241 g/mol.